The number of methoxy groups -OCH3 is 1. The highest BCUT2D eigenvalue weighted by Crippen LogP contribution is 2.33. The van der Waals surface area contributed by atoms with Gasteiger partial charge in [0.05, 0.1) is 12.0 Å². The number of nitrogens with one attached hydrogen (secondary N) is 1. The first-order valence-corrected chi connectivity index (χ1v) is 7.05. The van der Waals surface area contributed by atoms with Crippen LogP contribution in [0.25, 0.3) is 0 Å². The van der Waals surface area contributed by atoms with Gasteiger partial charge in [-0.25, -0.2) is 0 Å². The second-order valence-corrected chi connectivity index (χ2v) is 5.71. The van der Waals surface area contributed by atoms with Crippen LogP contribution in [-0.4, -0.2) is 17.9 Å². The van der Waals surface area contributed by atoms with Gasteiger partial charge in [0.2, 0.25) is 0 Å². The molecule has 0 aliphatic rings. The lowest BCUT2D eigenvalue weighted by Crippen LogP contribution is -2.21. The second-order valence-electron chi connectivity index (χ2n) is 4.06. The van der Waals surface area contributed by atoms with E-state index in [0.29, 0.717) is 6.54 Å². The zero-order valence-corrected chi connectivity index (χ0v) is 12.5. The smallest absolute Gasteiger partial charge is 0.299 e. The summed E-state index contributed by atoms with van der Waals surface area (Å²) in [5.41, 5.74) is 0.637. The zero-order valence-electron chi connectivity index (χ0n) is 11.0. The Morgan fingerprint density at radius 1 is 1.43 bits per heavy atom. The van der Waals surface area contributed by atoms with E-state index in [0.717, 1.165) is 22.6 Å². The van der Waals surface area contributed by atoms with E-state index in [2.05, 4.69) is 5.32 Å². The molecule has 1 heterocycles. The van der Waals surface area contributed by atoms with Gasteiger partial charge in [0.25, 0.3) is 11.6 Å². The standard InChI is InChI=1S/C13H11ClN2O4S/c1-20-9-4-2-8(3-5-9)7-15-13(17)11-6-10(16(18)19)12(14)21-11/h2-6H,7H2,1H3,(H,15,17). The van der Waals surface area contributed by atoms with Crippen molar-refractivity contribution in [3.05, 3.63) is 55.2 Å². The molecule has 0 bridgehead atoms. The Morgan fingerprint density at radius 2 is 2.10 bits per heavy atom. The summed E-state index contributed by atoms with van der Waals surface area (Å²) in [6.45, 7) is 0.312. The van der Waals surface area contributed by atoms with Gasteiger partial charge < -0.3 is 10.1 Å². The minimum Gasteiger partial charge on any atom is -0.497 e. The third-order valence-corrected chi connectivity index (χ3v) is 4.04. The molecule has 21 heavy (non-hydrogen) atoms. The molecule has 0 aliphatic heterocycles. The molecular formula is C13H11ClN2O4S. The fourth-order valence-corrected chi connectivity index (χ4v) is 2.75. The minimum absolute atomic E-state index is 0.00500. The van der Waals surface area contributed by atoms with Crippen LogP contribution in [-0.2, 0) is 6.54 Å². The number of halogens is 1. The zero-order chi connectivity index (χ0) is 15.4. The molecule has 0 radical (unpaired) electrons. The quantitative estimate of drug-likeness (QED) is 0.675. The summed E-state index contributed by atoms with van der Waals surface area (Å²) in [5.74, 6) is 0.330. The molecule has 0 aliphatic carbocycles. The fraction of sp³-hybridized carbons (Fsp3) is 0.154. The number of amides is 1. The van der Waals surface area contributed by atoms with Crippen LogP contribution in [0.15, 0.2) is 30.3 Å². The minimum atomic E-state index is -0.612. The van der Waals surface area contributed by atoms with Crippen molar-refractivity contribution in [3.63, 3.8) is 0 Å². The van der Waals surface area contributed by atoms with E-state index in [1.807, 2.05) is 12.1 Å². The molecule has 1 aromatic heterocycles. The molecule has 0 fully saturated rings. The van der Waals surface area contributed by atoms with E-state index < -0.39 is 10.8 Å². The highest BCUT2D eigenvalue weighted by molar-refractivity contribution is 7.18. The van der Waals surface area contributed by atoms with E-state index >= 15 is 0 Å². The molecule has 0 saturated carbocycles. The molecule has 1 aromatic carbocycles. The van der Waals surface area contributed by atoms with Gasteiger partial charge in [-0.2, -0.15) is 0 Å². The number of hydrogen-bond acceptors (Lipinski definition) is 5. The lowest BCUT2D eigenvalue weighted by atomic mass is 10.2. The molecule has 0 spiro atoms. The lowest BCUT2D eigenvalue weighted by Gasteiger charge is -2.05. The summed E-state index contributed by atoms with van der Waals surface area (Å²) >= 11 is 6.60. The average Bonchev–Trinajstić information content (AvgIpc) is 2.87. The van der Waals surface area contributed by atoms with Crippen LogP contribution >= 0.6 is 22.9 Å². The van der Waals surface area contributed by atoms with Crippen LogP contribution in [0.1, 0.15) is 15.2 Å². The maximum atomic E-state index is 11.9. The number of benzene rings is 1. The average molecular weight is 327 g/mol. The van der Waals surface area contributed by atoms with Gasteiger partial charge in [0.15, 0.2) is 4.34 Å². The molecule has 0 atom stereocenters. The normalized spacial score (nSPS) is 10.2. The first-order chi connectivity index (χ1) is 10.0. The van der Waals surface area contributed by atoms with E-state index in [9.17, 15) is 14.9 Å². The van der Waals surface area contributed by atoms with Crippen molar-refractivity contribution in [1.29, 1.82) is 0 Å². The van der Waals surface area contributed by atoms with Gasteiger partial charge in [0, 0.05) is 12.6 Å². The first kappa shape index (κ1) is 15.3. The largest absolute Gasteiger partial charge is 0.497 e. The van der Waals surface area contributed by atoms with Gasteiger partial charge in [-0.3, -0.25) is 14.9 Å². The Balaban J connectivity index is 2.01. The summed E-state index contributed by atoms with van der Waals surface area (Å²) in [6.07, 6.45) is 0. The van der Waals surface area contributed by atoms with Crippen LogP contribution in [0.3, 0.4) is 0 Å². The van der Waals surface area contributed by atoms with Crippen LogP contribution in [0, 0.1) is 10.1 Å². The Labute approximate surface area is 129 Å². The molecule has 2 aromatic rings. The van der Waals surface area contributed by atoms with Gasteiger partial charge in [-0.1, -0.05) is 23.7 Å². The molecular weight excluding hydrogens is 316 g/mol. The lowest BCUT2D eigenvalue weighted by molar-refractivity contribution is -0.384. The van der Waals surface area contributed by atoms with Crippen molar-refractivity contribution >= 4 is 34.5 Å². The molecule has 0 saturated heterocycles. The van der Waals surface area contributed by atoms with Crippen LogP contribution < -0.4 is 10.1 Å². The Bertz CT molecular complexity index is 669. The van der Waals surface area contributed by atoms with Crippen molar-refractivity contribution in [3.8, 4) is 5.75 Å². The number of hydrogen-bond donors (Lipinski definition) is 1. The SMILES string of the molecule is COc1ccc(CNC(=O)c2cc([N+](=O)[O-])c(Cl)s2)cc1. The Kier molecular flexibility index (Phi) is 4.77. The van der Waals surface area contributed by atoms with Gasteiger partial charge in [-0.05, 0) is 17.7 Å². The molecule has 0 unspecified atom stereocenters. The van der Waals surface area contributed by atoms with Crippen molar-refractivity contribution < 1.29 is 14.5 Å². The Hall–Kier alpha value is -2.12. The highest BCUT2D eigenvalue weighted by atomic mass is 35.5. The molecule has 1 N–H and O–H groups in total. The monoisotopic (exact) mass is 326 g/mol. The number of rotatable bonds is 5. The van der Waals surface area contributed by atoms with E-state index in [1.54, 1.807) is 19.2 Å². The number of carbonyl (C=O) groups is 1. The first-order valence-electron chi connectivity index (χ1n) is 5.86. The highest BCUT2D eigenvalue weighted by Gasteiger charge is 2.20. The number of nitro groups is 1. The van der Waals surface area contributed by atoms with Crippen LogP contribution in [0.2, 0.25) is 4.34 Å². The van der Waals surface area contributed by atoms with Crippen molar-refractivity contribution in [1.82, 2.24) is 5.32 Å². The summed E-state index contributed by atoms with van der Waals surface area (Å²) in [4.78, 5) is 22.2. The van der Waals surface area contributed by atoms with Gasteiger partial charge in [0.1, 0.15) is 10.6 Å². The number of thiophene rings is 1. The second kappa shape index (κ2) is 6.55. The van der Waals surface area contributed by atoms with E-state index in [4.69, 9.17) is 16.3 Å². The summed E-state index contributed by atoms with van der Waals surface area (Å²) in [7, 11) is 1.57. The molecule has 2 rings (SSSR count). The van der Waals surface area contributed by atoms with Gasteiger partial charge in [-0.15, -0.1) is 11.3 Å². The summed E-state index contributed by atoms with van der Waals surface area (Å²) < 4.78 is 5.03. The Morgan fingerprint density at radius 3 is 2.62 bits per heavy atom. The number of ether oxygens (including phenoxy) is 1. The summed E-state index contributed by atoms with van der Waals surface area (Å²) in [5, 5.41) is 13.4. The number of carbonyl (C=O) groups excluding carboxylic acids is 1. The fourth-order valence-electron chi connectivity index (χ4n) is 1.61. The maximum absolute atomic E-state index is 11.9. The predicted octanol–water partition coefficient (Wildman–Crippen LogP) is 3.25. The van der Waals surface area contributed by atoms with E-state index in [-0.39, 0.29) is 14.9 Å². The third kappa shape index (κ3) is 3.71. The maximum Gasteiger partial charge on any atom is 0.299 e. The summed E-state index contributed by atoms with van der Waals surface area (Å²) in [6, 6.07) is 8.39. The van der Waals surface area contributed by atoms with Crippen molar-refractivity contribution in [2.75, 3.05) is 7.11 Å². The molecule has 110 valence electrons. The molecule has 6 nitrogen and oxygen atoms in total. The number of nitrogens with zero attached hydrogens (tertiary/aromatic N) is 1. The van der Waals surface area contributed by atoms with Gasteiger partial charge >= 0.3 is 0 Å². The molecule has 8 heteroatoms. The van der Waals surface area contributed by atoms with E-state index in [1.165, 1.54) is 6.07 Å². The predicted molar refractivity (Wildman–Crippen MR) is 80.1 cm³/mol. The molecule has 1 amide bonds. The van der Waals surface area contributed by atoms with Crippen molar-refractivity contribution in [2.24, 2.45) is 0 Å². The van der Waals surface area contributed by atoms with Crippen molar-refractivity contribution in [2.45, 2.75) is 6.54 Å². The topological polar surface area (TPSA) is 81.5 Å². The third-order valence-electron chi connectivity index (χ3n) is 2.70. The van der Waals surface area contributed by atoms with Crippen LogP contribution in [0.4, 0.5) is 5.69 Å². The van der Waals surface area contributed by atoms with Crippen LogP contribution in [0.5, 0.6) is 5.75 Å².